The van der Waals surface area contributed by atoms with Crippen LogP contribution in [-0.2, 0) is 15.4 Å². The zero-order chi connectivity index (χ0) is 25.5. The molecule has 188 valence electrons. The summed E-state index contributed by atoms with van der Waals surface area (Å²) >= 11 is 1.57. The van der Waals surface area contributed by atoms with Crippen molar-refractivity contribution in [2.75, 3.05) is 50.4 Å². The van der Waals surface area contributed by atoms with Crippen LogP contribution in [0.25, 0.3) is 10.9 Å². The third kappa shape index (κ3) is 4.45. The molecular formula is C25H26FN5O3S2. The Morgan fingerprint density at radius 3 is 2.47 bits per heavy atom. The molecule has 2 aromatic heterocycles. The molecule has 8 nitrogen and oxygen atoms in total. The first-order valence-corrected chi connectivity index (χ1v) is 14.5. The second-order valence-corrected chi connectivity index (χ2v) is 12.2. The molecule has 0 saturated carbocycles. The molecule has 0 N–H and O–H groups in total. The van der Waals surface area contributed by atoms with Gasteiger partial charge in [0.05, 0.1) is 34.5 Å². The Kier molecular flexibility index (Phi) is 6.44. The highest BCUT2D eigenvalue weighted by Crippen LogP contribution is 2.41. The number of piperazine rings is 1. The number of hydrogen-bond acceptors (Lipinski definition) is 7. The summed E-state index contributed by atoms with van der Waals surface area (Å²) in [5, 5.41) is 12.6. The van der Waals surface area contributed by atoms with Crippen LogP contribution in [0, 0.1) is 17.1 Å². The van der Waals surface area contributed by atoms with Crippen LogP contribution in [0.3, 0.4) is 0 Å². The number of anilines is 1. The predicted molar refractivity (Wildman–Crippen MR) is 137 cm³/mol. The number of benzene rings is 1. The molecule has 4 heterocycles. The van der Waals surface area contributed by atoms with Gasteiger partial charge in [0.15, 0.2) is 0 Å². The molecule has 0 atom stereocenters. The highest BCUT2D eigenvalue weighted by atomic mass is 32.2. The molecule has 2 fully saturated rings. The summed E-state index contributed by atoms with van der Waals surface area (Å²) in [7, 11) is -3.32. The van der Waals surface area contributed by atoms with Gasteiger partial charge in [0, 0.05) is 55.7 Å². The third-order valence-corrected chi connectivity index (χ3v) is 9.54. The van der Waals surface area contributed by atoms with Crippen LogP contribution in [0.15, 0.2) is 41.9 Å². The van der Waals surface area contributed by atoms with Gasteiger partial charge in [-0.3, -0.25) is 9.78 Å². The molecule has 3 aromatic rings. The number of nitrogens with zero attached hydrogens (tertiary/aromatic N) is 5. The Morgan fingerprint density at radius 1 is 1.14 bits per heavy atom. The van der Waals surface area contributed by atoms with Crippen molar-refractivity contribution in [1.82, 2.24) is 14.2 Å². The van der Waals surface area contributed by atoms with Gasteiger partial charge in [0.2, 0.25) is 10.0 Å². The van der Waals surface area contributed by atoms with E-state index in [0.717, 1.165) is 11.1 Å². The maximum Gasteiger partial charge on any atom is 0.257 e. The first-order valence-electron chi connectivity index (χ1n) is 11.7. The summed E-state index contributed by atoms with van der Waals surface area (Å²) in [6.45, 7) is 2.05. The molecule has 0 aliphatic carbocycles. The van der Waals surface area contributed by atoms with E-state index in [4.69, 9.17) is 0 Å². The van der Waals surface area contributed by atoms with Gasteiger partial charge in [0.25, 0.3) is 5.91 Å². The number of fused-ring (bicyclic) bond motifs is 1. The SMILES string of the molecule is CS(=O)(=O)N1CCN(C(=O)c2cnc3ccc(F)cc3c2N2CCC(C#N)(c3cccs3)CC2)CC1. The van der Waals surface area contributed by atoms with E-state index in [2.05, 4.69) is 16.0 Å². The van der Waals surface area contributed by atoms with E-state index in [-0.39, 0.29) is 32.1 Å². The van der Waals surface area contributed by atoms with Gasteiger partial charge in [-0.05, 0) is 42.5 Å². The lowest BCUT2D eigenvalue weighted by Crippen LogP contribution is -2.50. The molecule has 1 amide bonds. The van der Waals surface area contributed by atoms with E-state index in [9.17, 15) is 22.9 Å². The maximum absolute atomic E-state index is 14.3. The summed E-state index contributed by atoms with van der Waals surface area (Å²) in [6.07, 6.45) is 3.87. The molecule has 0 bridgehead atoms. The van der Waals surface area contributed by atoms with Crippen molar-refractivity contribution in [3.8, 4) is 6.07 Å². The van der Waals surface area contributed by atoms with E-state index in [1.165, 1.54) is 22.6 Å². The van der Waals surface area contributed by atoms with E-state index >= 15 is 0 Å². The number of amides is 1. The van der Waals surface area contributed by atoms with E-state index in [1.807, 2.05) is 17.5 Å². The molecule has 0 unspecified atom stereocenters. The highest BCUT2D eigenvalue weighted by molar-refractivity contribution is 7.88. The first kappa shape index (κ1) is 24.6. The van der Waals surface area contributed by atoms with Gasteiger partial charge in [-0.15, -0.1) is 11.3 Å². The fourth-order valence-electron chi connectivity index (χ4n) is 5.12. The lowest BCUT2D eigenvalue weighted by atomic mass is 9.78. The first-order chi connectivity index (χ1) is 17.2. The van der Waals surface area contributed by atoms with Crippen LogP contribution >= 0.6 is 11.3 Å². The zero-order valence-corrected chi connectivity index (χ0v) is 21.5. The second-order valence-electron chi connectivity index (χ2n) is 9.29. The number of sulfonamides is 1. The summed E-state index contributed by atoms with van der Waals surface area (Å²) in [5.41, 5.74) is 0.986. The minimum absolute atomic E-state index is 0.227. The second kappa shape index (κ2) is 9.42. The fourth-order valence-corrected chi connectivity index (χ4v) is 6.88. The smallest absolute Gasteiger partial charge is 0.257 e. The number of nitriles is 1. The lowest BCUT2D eigenvalue weighted by molar-refractivity contribution is 0.0698. The average molecular weight is 528 g/mol. The number of rotatable bonds is 4. The standard InChI is InChI=1S/C25H26FN5O3S2/c1-36(33,34)31-12-10-30(11-13-31)24(32)20-16-28-21-5-4-18(26)15-19(21)23(20)29-8-6-25(17-27,7-9-29)22-3-2-14-35-22/h2-5,14-16H,6-13H2,1H3. The van der Waals surface area contributed by atoms with Crippen LogP contribution in [0.1, 0.15) is 28.1 Å². The minimum atomic E-state index is -3.32. The number of halogens is 1. The molecule has 11 heteroatoms. The number of aromatic nitrogens is 1. The Balaban J connectivity index is 1.48. The molecular weight excluding hydrogens is 501 g/mol. The third-order valence-electron chi connectivity index (χ3n) is 7.17. The van der Waals surface area contributed by atoms with Gasteiger partial charge in [0.1, 0.15) is 5.82 Å². The van der Waals surface area contributed by atoms with Crippen molar-refractivity contribution >= 4 is 43.9 Å². The summed E-state index contributed by atoms with van der Waals surface area (Å²) in [4.78, 5) is 22.8. The van der Waals surface area contributed by atoms with Crippen molar-refractivity contribution < 1.29 is 17.6 Å². The van der Waals surface area contributed by atoms with Crippen LogP contribution in [0.2, 0.25) is 0 Å². The number of pyridine rings is 1. The van der Waals surface area contributed by atoms with Crippen LogP contribution < -0.4 is 4.90 Å². The molecule has 2 saturated heterocycles. The number of hydrogen-bond donors (Lipinski definition) is 0. The molecule has 0 radical (unpaired) electrons. The summed E-state index contributed by atoms with van der Waals surface area (Å²) < 4.78 is 39.5. The van der Waals surface area contributed by atoms with Crippen molar-refractivity contribution in [1.29, 1.82) is 5.26 Å². The Hall–Kier alpha value is -3.07. The minimum Gasteiger partial charge on any atom is -0.370 e. The van der Waals surface area contributed by atoms with Crippen LogP contribution in [0.5, 0.6) is 0 Å². The molecule has 1 aromatic carbocycles. The monoisotopic (exact) mass is 527 g/mol. The van der Waals surface area contributed by atoms with Gasteiger partial charge in [-0.1, -0.05) is 6.07 Å². The van der Waals surface area contributed by atoms with E-state index in [0.29, 0.717) is 48.1 Å². The predicted octanol–water partition coefficient (Wildman–Crippen LogP) is 3.21. The number of thiophene rings is 1. The summed E-state index contributed by atoms with van der Waals surface area (Å²) in [6, 6.07) is 10.8. The topological polar surface area (TPSA) is 97.6 Å². The molecule has 2 aliphatic heterocycles. The normalized spacial score (nSPS) is 18.8. The lowest BCUT2D eigenvalue weighted by Gasteiger charge is -2.39. The highest BCUT2D eigenvalue weighted by Gasteiger charge is 2.39. The fraction of sp³-hybridized carbons (Fsp3) is 0.400. The largest absolute Gasteiger partial charge is 0.370 e. The van der Waals surface area contributed by atoms with Gasteiger partial charge < -0.3 is 9.80 Å². The number of carbonyl (C=O) groups is 1. The molecule has 0 spiro atoms. The van der Waals surface area contributed by atoms with Crippen molar-refractivity contribution in [3.63, 3.8) is 0 Å². The van der Waals surface area contributed by atoms with Crippen molar-refractivity contribution in [2.24, 2.45) is 0 Å². The molecule has 36 heavy (non-hydrogen) atoms. The maximum atomic E-state index is 14.3. The van der Waals surface area contributed by atoms with Crippen molar-refractivity contribution in [2.45, 2.75) is 18.3 Å². The van der Waals surface area contributed by atoms with Gasteiger partial charge in [-0.2, -0.15) is 9.57 Å². The average Bonchev–Trinajstić information content (AvgIpc) is 3.43. The van der Waals surface area contributed by atoms with E-state index in [1.54, 1.807) is 22.3 Å². The Morgan fingerprint density at radius 2 is 1.86 bits per heavy atom. The molecule has 2 aliphatic rings. The Bertz CT molecular complexity index is 1440. The zero-order valence-electron chi connectivity index (χ0n) is 19.9. The summed E-state index contributed by atoms with van der Waals surface area (Å²) in [5.74, 6) is -0.675. The van der Waals surface area contributed by atoms with Crippen LogP contribution in [0.4, 0.5) is 10.1 Å². The van der Waals surface area contributed by atoms with Gasteiger partial charge in [-0.25, -0.2) is 12.8 Å². The van der Waals surface area contributed by atoms with E-state index < -0.39 is 21.3 Å². The number of piperidine rings is 1. The quantitative estimate of drug-likeness (QED) is 0.517. The van der Waals surface area contributed by atoms with Gasteiger partial charge >= 0.3 is 0 Å². The van der Waals surface area contributed by atoms with Crippen LogP contribution in [-0.4, -0.2) is 74.0 Å². The Labute approximate surface area is 213 Å². The van der Waals surface area contributed by atoms with Crippen molar-refractivity contribution in [3.05, 3.63) is 58.2 Å². The molecule has 5 rings (SSSR count). The number of carbonyl (C=O) groups excluding carboxylic acids is 1.